The minimum atomic E-state index is -0.941. The second-order valence-electron chi connectivity index (χ2n) is 23.1. The predicted molar refractivity (Wildman–Crippen MR) is 302 cm³/mol. The molecule has 1 heterocycles. The molecule has 79 heavy (non-hydrogen) atoms. The Hall–Kier alpha value is -7.11. The van der Waals surface area contributed by atoms with Gasteiger partial charge in [-0.3, -0.25) is 39.0 Å². The minimum Gasteiger partial charge on any atom is -0.489 e. The van der Waals surface area contributed by atoms with Crippen molar-refractivity contribution in [3.63, 3.8) is 0 Å². The van der Waals surface area contributed by atoms with Gasteiger partial charge in [0.25, 0.3) is 11.8 Å². The van der Waals surface area contributed by atoms with Crippen molar-refractivity contribution in [3.05, 3.63) is 136 Å². The number of nitrogens with zero attached hydrogens (tertiary/aromatic N) is 2. The number of amides is 7. The Balaban J connectivity index is 0.892. The molecule has 7 N–H and O–H groups in total. The highest BCUT2D eigenvalue weighted by Crippen LogP contribution is 2.36. The maximum atomic E-state index is 14.6. The van der Waals surface area contributed by atoms with Crippen LogP contribution in [0.25, 0.3) is 0 Å². The van der Waals surface area contributed by atoms with Crippen LogP contribution in [0.5, 0.6) is 5.75 Å². The lowest BCUT2D eigenvalue weighted by Crippen LogP contribution is -2.59. The van der Waals surface area contributed by atoms with Crippen LogP contribution < -0.4 is 42.1 Å². The lowest BCUT2D eigenvalue weighted by atomic mass is 9.77. The molecule has 4 aliphatic rings. The Morgan fingerprint density at radius 3 is 1.80 bits per heavy atom. The Labute approximate surface area is 465 Å². The summed E-state index contributed by atoms with van der Waals surface area (Å²) >= 11 is 0. The molecule has 3 aliphatic carbocycles. The number of nitrogens with one attached hydrogen (secondary N) is 7. The first-order valence-corrected chi connectivity index (χ1v) is 28.4. The summed E-state index contributed by atoms with van der Waals surface area (Å²) in [6.45, 7) is 9.40. The molecule has 7 amide bonds. The molecule has 8 rings (SSSR count). The zero-order valence-electron chi connectivity index (χ0n) is 47.0. The molecule has 17 nitrogen and oxygen atoms in total. The fraction of sp³-hybridized carbons (Fsp3) is 0.500. The molecule has 17 heteroatoms. The molecule has 4 aromatic rings. The van der Waals surface area contributed by atoms with Crippen LogP contribution in [0.1, 0.15) is 148 Å². The first-order chi connectivity index (χ1) is 37.9. The van der Waals surface area contributed by atoms with E-state index in [2.05, 4.69) is 55.5 Å². The number of likely N-dealkylation sites (tertiary alicyclic amines) is 1. The zero-order chi connectivity index (χ0) is 56.4. The van der Waals surface area contributed by atoms with Gasteiger partial charge in [-0.2, -0.15) is 0 Å². The van der Waals surface area contributed by atoms with Crippen LogP contribution in [0, 0.1) is 17.3 Å². The van der Waals surface area contributed by atoms with E-state index in [4.69, 9.17) is 4.74 Å². The first kappa shape index (κ1) is 58.0. The number of hydrogen-bond donors (Lipinski definition) is 7. The van der Waals surface area contributed by atoms with Crippen molar-refractivity contribution in [2.24, 2.45) is 17.3 Å². The topological polar surface area (TPSA) is 219 Å². The van der Waals surface area contributed by atoms with Gasteiger partial charge < -0.3 is 41.5 Å². The molecule has 1 unspecified atom stereocenters. The maximum Gasteiger partial charge on any atom is 0.255 e. The molecule has 4 aromatic carbocycles. The normalized spacial score (nSPS) is 21.9. The maximum absolute atomic E-state index is 14.6. The number of ether oxygens (including phenoxy) is 1. The second-order valence-corrected chi connectivity index (χ2v) is 23.1. The zero-order valence-corrected chi connectivity index (χ0v) is 47.0. The van der Waals surface area contributed by atoms with Crippen molar-refractivity contribution in [1.82, 2.24) is 47.2 Å². The second kappa shape index (κ2) is 26.2. The van der Waals surface area contributed by atoms with Crippen LogP contribution in [0.4, 0.5) is 0 Å². The summed E-state index contributed by atoms with van der Waals surface area (Å²) in [6.07, 6.45) is 8.40. The molecule has 9 atom stereocenters. The highest BCUT2D eigenvalue weighted by molar-refractivity contribution is 5.96. The monoisotopic (exact) mass is 1080 g/mol. The number of aryl methyl sites for hydroxylation is 2. The van der Waals surface area contributed by atoms with E-state index in [-0.39, 0.29) is 73.6 Å². The summed E-state index contributed by atoms with van der Waals surface area (Å²) in [6, 6.07) is 26.8. The molecule has 2 fully saturated rings. The van der Waals surface area contributed by atoms with Gasteiger partial charge in [0.15, 0.2) is 0 Å². The van der Waals surface area contributed by atoms with Crippen LogP contribution in [0.2, 0.25) is 0 Å². The molecule has 1 aliphatic heterocycles. The van der Waals surface area contributed by atoms with Crippen molar-refractivity contribution in [3.8, 4) is 5.75 Å². The van der Waals surface area contributed by atoms with Crippen molar-refractivity contribution >= 4 is 41.4 Å². The van der Waals surface area contributed by atoms with Crippen molar-refractivity contribution in [1.29, 1.82) is 0 Å². The van der Waals surface area contributed by atoms with Gasteiger partial charge in [-0.25, -0.2) is 5.01 Å². The number of rotatable bonds is 18. The number of carbonyl (C=O) groups excluding carboxylic acids is 7. The fourth-order valence-corrected chi connectivity index (χ4v) is 11.5. The lowest BCUT2D eigenvalue weighted by Gasteiger charge is -2.36. The molecular formula is C62H81N9O8. The van der Waals surface area contributed by atoms with E-state index in [0.717, 1.165) is 73.6 Å². The minimum absolute atomic E-state index is 0.0768. The molecule has 1 saturated heterocycles. The average Bonchev–Trinajstić information content (AvgIpc) is 3.94. The van der Waals surface area contributed by atoms with Crippen molar-refractivity contribution in [2.45, 2.75) is 161 Å². The Morgan fingerprint density at radius 2 is 1.20 bits per heavy atom. The van der Waals surface area contributed by atoms with Gasteiger partial charge >= 0.3 is 0 Å². The number of benzene rings is 4. The highest BCUT2D eigenvalue weighted by Gasteiger charge is 2.46. The van der Waals surface area contributed by atoms with Crippen LogP contribution in [0.3, 0.4) is 0 Å². The van der Waals surface area contributed by atoms with Crippen molar-refractivity contribution < 1.29 is 38.3 Å². The third-order valence-electron chi connectivity index (χ3n) is 16.5. The first-order valence-electron chi connectivity index (χ1n) is 28.4. The van der Waals surface area contributed by atoms with Gasteiger partial charge in [0.2, 0.25) is 29.5 Å². The number of likely N-dealkylation sites (N-methyl/N-ethyl adjacent to an activating group) is 2. The van der Waals surface area contributed by atoms with E-state index in [9.17, 15) is 33.6 Å². The highest BCUT2D eigenvalue weighted by atomic mass is 16.5. The predicted octanol–water partition coefficient (Wildman–Crippen LogP) is 6.27. The van der Waals surface area contributed by atoms with Crippen LogP contribution >= 0.6 is 0 Å². The average molecular weight is 1080 g/mol. The summed E-state index contributed by atoms with van der Waals surface area (Å²) in [5.41, 5.74) is 8.75. The number of carbonyl (C=O) groups is 7. The standard InChI is InChI=1S/C62H81N9O8/c1-38(63-6)55(72)68-54(62(3,4)5)61(78)70-36-45(34-53(70)59(76)67-52-25-15-19-43-17-9-11-21-48(43)52)65-57(74)44-30-26-41(27-31-44)37-79-46-32-28-40(29-33-46)35-71(69-56(73)39(2)64-7)60(77)50-23-13-12-22-49(50)58(75)66-51-24-14-18-42-16-8-10-20-47(42)51/h8-11,16-17,20-21,26-33,38-39,45,49-54,63-64H,12-15,18-19,22-25,34-37H2,1-7H3,(H,65,74)(H,66,75)(H,67,76)(H,68,72)(H,69,73)/t38-,39-,45-,49+,50+,51+,52+,53?,54+/m0/s1. The van der Waals surface area contributed by atoms with Crippen LogP contribution in [-0.4, -0.2) is 102 Å². The Morgan fingerprint density at radius 1 is 0.646 bits per heavy atom. The SMILES string of the molecule is CN[C@@H](C)C(=O)N[C@H](C(=O)N1C[C@@H](NC(=O)c2ccc(COc3ccc(CN(NC(=O)[C@H](C)NC)C(=O)[C@@H]4CCCC[C@H]4C(=O)N[C@@H]4CCCc5ccccc54)cc3)cc2)CC1C(=O)N[C@@H]1CCCc2ccccc21)C(C)(C)C. The third kappa shape index (κ3) is 14.4. The van der Waals surface area contributed by atoms with E-state index in [1.807, 2.05) is 63.2 Å². The molecular weight excluding hydrogens is 999 g/mol. The van der Waals surface area contributed by atoms with Gasteiger partial charge in [-0.1, -0.05) is 106 Å². The largest absolute Gasteiger partial charge is 0.489 e. The molecule has 1 saturated carbocycles. The van der Waals surface area contributed by atoms with Gasteiger partial charge in [-0.15, -0.1) is 0 Å². The summed E-state index contributed by atoms with van der Waals surface area (Å²) in [5.74, 6) is -2.72. The Kier molecular flexibility index (Phi) is 19.3. The van der Waals surface area contributed by atoms with Crippen LogP contribution in [-0.2, 0) is 54.8 Å². The van der Waals surface area contributed by atoms with E-state index in [0.29, 0.717) is 24.2 Å². The summed E-state index contributed by atoms with van der Waals surface area (Å²) < 4.78 is 6.16. The van der Waals surface area contributed by atoms with Gasteiger partial charge in [0.05, 0.1) is 36.6 Å². The molecule has 0 radical (unpaired) electrons. The molecule has 422 valence electrons. The Bertz CT molecular complexity index is 2820. The van der Waals surface area contributed by atoms with Gasteiger partial charge in [-0.05, 0) is 149 Å². The summed E-state index contributed by atoms with van der Waals surface area (Å²) in [4.78, 5) is 99.3. The molecule has 0 spiro atoms. The fourth-order valence-electron chi connectivity index (χ4n) is 11.5. The van der Waals surface area contributed by atoms with E-state index in [1.165, 1.54) is 21.0 Å². The lowest BCUT2D eigenvalue weighted by molar-refractivity contribution is -0.151. The third-order valence-corrected chi connectivity index (χ3v) is 16.5. The summed E-state index contributed by atoms with van der Waals surface area (Å²) in [7, 11) is 3.35. The number of fused-ring (bicyclic) bond motifs is 2. The van der Waals surface area contributed by atoms with Crippen LogP contribution in [0.15, 0.2) is 97.1 Å². The quantitative estimate of drug-likeness (QED) is 0.0555. The van der Waals surface area contributed by atoms with Gasteiger partial charge in [0.1, 0.15) is 24.4 Å². The van der Waals surface area contributed by atoms with E-state index < -0.39 is 53.4 Å². The van der Waals surface area contributed by atoms with E-state index >= 15 is 0 Å². The summed E-state index contributed by atoms with van der Waals surface area (Å²) in [5, 5.41) is 19.8. The smallest absolute Gasteiger partial charge is 0.255 e. The number of hydrazine groups is 1. The number of hydrogen-bond acceptors (Lipinski definition) is 10. The van der Waals surface area contributed by atoms with E-state index in [1.54, 1.807) is 64.3 Å². The van der Waals surface area contributed by atoms with Gasteiger partial charge in [0, 0.05) is 24.1 Å². The van der Waals surface area contributed by atoms with Crippen molar-refractivity contribution in [2.75, 3.05) is 20.6 Å². The molecule has 0 bridgehead atoms. The molecule has 0 aromatic heterocycles.